The highest BCUT2D eigenvalue weighted by Crippen LogP contribution is 2.33. The Morgan fingerprint density at radius 2 is 1.77 bits per heavy atom. The molecule has 0 amide bonds. The molecule has 134 valence electrons. The molecule has 4 rings (SSSR count). The molecule has 0 bridgehead atoms. The first-order valence-electron chi connectivity index (χ1n) is 7.85. The summed E-state index contributed by atoms with van der Waals surface area (Å²) in [4.78, 5) is 0. The molecule has 26 heavy (non-hydrogen) atoms. The van der Waals surface area contributed by atoms with Crippen molar-refractivity contribution in [2.24, 2.45) is 0 Å². The van der Waals surface area contributed by atoms with Gasteiger partial charge in [0.05, 0.1) is 25.1 Å². The summed E-state index contributed by atoms with van der Waals surface area (Å²) in [5.74, 6) is -0.492. The second-order valence-electron chi connectivity index (χ2n) is 5.98. The largest absolute Gasteiger partial charge is 0.377 e. The third-order valence-electron chi connectivity index (χ3n) is 4.21. The molecule has 1 fully saturated rings. The summed E-state index contributed by atoms with van der Waals surface area (Å²) >= 11 is 0. The van der Waals surface area contributed by atoms with Crippen LogP contribution in [0.4, 0.5) is 4.39 Å². The monoisotopic (exact) mass is 374 g/mol. The first kappa shape index (κ1) is 16.8. The molecule has 0 atom stereocenters. The predicted molar refractivity (Wildman–Crippen MR) is 90.6 cm³/mol. The molecule has 2 aromatic carbocycles. The lowest BCUT2D eigenvalue weighted by atomic mass is 9.89. The molecule has 0 spiro atoms. The van der Waals surface area contributed by atoms with Crippen LogP contribution in [0.25, 0.3) is 5.69 Å². The van der Waals surface area contributed by atoms with Crippen molar-refractivity contribution in [2.45, 2.75) is 10.6 Å². The molecule has 1 N–H and O–H groups in total. The highest BCUT2D eigenvalue weighted by Gasteiger charge is 2.46. The summed E-state index contributed by atoms with van der Waals surface area (Å²) in [5, 5.41) is 7.44. The minimum absolute atomic E-state index is 0.0417. The standard InChI is InChI=1S/C17H15FN4O3S/c18-15-9-5-4-8-14(15)17(11-25-12-17)20-26(23,24)16-10-19-21-22(16)13-6-2-1-3-7-13/h1-10,20H,11-12H2. The molecule has 1 saturated heterocycles. The van der Waals surface area contributed by atoms with Crippen LogP contribution in [-0.4, -0.2) is 36.6 Å². The zero-order chi connectivity index (χ0) is 18.2. The van der Waals surface area contributed by atoms with Crippen LogP contribution >= 0.6 is 0 Å². The lowest BCUT2D eigenvalue weighted by Gasteiger charge is -2.42. The number of hydrogen-bond acceptors (Lipinski definition) is 5. The summed E-state index contributed by atoms with van der Waals surface area (Å²) in [5.41, 5.74) is -0.362. The molecule has 3 aromatic rings. The molecule has 0 unspecified atom stereocenters. The minimum atomic E-state index is -4.04. The van der Waals surface area contributed by atoms with Gasteiger partial charge in [-0.1, -0.05) is 41.6 Å². The van der Waals surface area contributed by atoms with Crippen molar-refractivity contribution in [3.63, 3.8) is 0 Å². The van der Waals surface area contributed by atoms with E-state index in [1.54, 1.807) is 42.5 Å². The molecule has 9 heteroatoms. The van der Waals surface area contributed by atoms with Gasteiger partial charge >= 0.3 is 0 Å². The van der Waals surface area contributed by atoms with Gasteiger partial charge in [-0.2, -0.15) is 4.72 Å². The minimum Gasteiger partial charge on any atom is -0.377 e. The van der Waals surface area contributed by atoms with Crippen LogP contribution in [0.15, 0.2) is 65.8 Å². The Bertz CT molecular complexity index is 1030. The van der Waals surface area contributed by atoms with E-state index in [4.69, 9.17) is 4.74 Å². The van der Waals surface area contributed by atoms with Gasteiger partial charge in [0.25, 0.3) is 10.0 Å². The van der Waals surface area contributed by atoms with Crippen LogP contribution in [0.2, 0.25) is 0 Å². The molecule has 1 aromatic heterocycles. The number of para-hydroxylation sites is 1. The van der Waals surface area contributed by atoms with Gasteiger partial charge in [-0.3, -0.25) is 0 Å². The van der Waals surface area contributed by atoms with Crippen LogP contribution in [-0.2, 0) is 20.3 Å². The molecule has 1 aliphatic heterocycles. The van der Waals surface area contributed by atoms with Gasteiger partial charge in [-0.25, -0.2) is 17.5 Å². The van der Waals surface area contributed by atoms with E-state index in [9.17, 15) is 12.8 Å². The van der Waals surface area contributed by atoms with E-state index in [-0.39, 0.29) is 23.8 Å². The number of aromatic nitrogens is 3. The van der Waals surface area contributed by atoms with Crippen LogP contribution in [0, 0.1) is 5.82 Å². The van der Waals surface area contributed by atoms with Gasteiger partial charge in [0.15, 0.2) is 5.03 Å². The van der Waals surface area contributed by atoms with Crippen molar-refractivity contribution in [3.05, 3.63) is 72.2 Å². The Hall–Kier alpha value is -2.62. The number of nitrogens with one attached hydrogen (secondary N) is 1. The van der Waals surface area contributed by atoms with Crippen molar-refractivity contribution < 1.29 is 17.5 Å². The average Bonchev–Trinajstić information content (AvgIpc) is 3.11. The van der Waals surface area contributed by atoms with Crippen LogP contribution in [0.3, 0.4) is 0 Å². The molecule has 7 nitrogen and oxygen atoms in total. The highest BCUT2D eigenvalue weighted by atomic mass is 32.2. The Morgan fingerprint density at radius 1 is 1.08 bits per heavy atom. The Morgan fingerprint density at radius 3 is 2.42 bits per heavy atom. The number of hydrogen-bond donors (Lipinski definition) is 1. The molecule has 0 radical (unpaired) electrons. The van der Waals surface area contributed by atoms with E-state index >= 15 is 0 Å². The van der Waals surface area contributed by atoms with E-state index in [1.165, 1.54) is 10.7 Å². The predicted octanol–water partition coefficient (Wildman–Crippen LogP) is 1.61. The van der Waals surface area contributed by atoms with Crippen molar-refractivity contribution in [1.82, 2.24) is 19.7 Å². The molecular formula is C17H15FN4O3S. The third kappa shape index (κ3) is 2.79. The van der Waals surface area contributed by atoms with E-state index in [1.807, 2.05) is 6.07 Å². The summed E-state index contributed by atoms with van der Waals surface area (Å²) in [6, 6.07) is 14.8. The smallest absolute Gasteiger partial charge is 0.260 e. The maximum Gasteiger partial charge on any atom is 0.260 e. The van der Waals surface area contributed by atoms with Crippen LogP contribution < -0.4 is 4.72 Å². The molecule has 0 aliphatic carbocycles. The lowest BCUT2D eigenvalue weighted by molar-refractivity contribution is -0.0680. The first-order valence-corrected chi connectivity index (χ1v) is 9.33. The number of nitrogens with zero attached hydrogens (tertiary/aromatic N) is 3. The fourth-order valence-electron chi connectivity index (χ4n) is 2.89. The number of benzene rings is 2. The van der Waals surface area contributed by atoms with E-state index in [0.29, 0.717) is 5.69 Å². The Kier molecular flexibility index (Phi) is 4.06. The third-order valence-corrected chi connectivity index (χ3v) is 5.70. The number of ether oxygens (including phenoxy) is 1. The van der Waals surface area contributed by atoms with Gasteiger partial charge in [0.2, 0.25) is 0 Å². The van der Waals surface area contributed by atoms with Crippen LogP contribution in [0.5, 0.6) is 0 Å². The second-order valence-corrected chi connectivity index (χ2v) is 7.61. The molecular weight excluding hydrogens is 359 g/mol. The summed E-state index contributed by atoms with van der Waals surface area (Å²) in [7, 11) is -4.04. The quantitative estimate of drug-likeness (QED) is 0.733. The fourth-order valence-corrected chi connectivity index (χ4v) is 4.29. The van der Waals surface area contributed by atoms with Gasteiger partial charge in [0, 0.05) is 5.56 Å². The van der Waals surface area contributed by atoms with Crippen molar-refractivity contribution in [1.29, 1.82) is 0 Å². The number of halogens is 1. The van der Waals surface area contributed by atoms with Crippen molar-refractivity contribution >= 4 is 10.0 Å². The first-order chi connectivity index (χ1) is 12.5. The van der Waals surface area contributed by atoms with Crippen molar-refractivity contribution in [2.75, 3.05) is 13.2 Å². The number of rotatable bonds is 5. The van der Waals surface area contributed by atoms with Crippen molar-refractivity contribution in [3.8, 4) is 5.69 Å². The Balaban J connectivity index is 1.73. The Labute approximate surface area is 149 Å². The van der Waals surface area contributed by atoms with E-state index in [2.05, 4.69) is 15.0 Å². The maximum atomic E-state index is 14.2. The van der Waals surface area contributed by atoms with Gasteiger partial charge in [-0.15, -0.1) is 5.10 Å². The normalized spacial score (nSPS) is 16.2. The topological polar surface area (TPSA) is 86.1 Å². The summed E-state index contributed by atoms with van der Waals surface area (Å²) in [6.07, 6.45) is 1.16. The zero-order valence-electron chi connectivity index (χ0n) is 13.5. The molecule has 1 aliphatic rings. The maximum absolute atomic E-state index is 14.2. The van der Waals surface area contributed by atoms with E-state index in [0.717, 1.165) is 6.20 Å². The highest BCUT2D eigenvalue weighted by molar-refractivity contribution is 7.89. The van der Waals surface area contributed by atoms with Crippen LogP contribution in [0.1, 0.15) is 5.56 Å². The number of sulfonamides is 1. The zero-order valence-corrected chi connectivity index (χ0v) is 14.4. The lowest BCUT2D eigenvalue weighted by Crippen LogP contribution is -2.59. The van der Waals surface area contributed by atoms with Gasteiger partial charge < -0.3 is 4.74 Å². The molecule has 2 heterocycles. The summed E-state index contributed by atoms with van der Waals surface area (Å²) in [6.45, 7) is 0.0835. The summed E-state index contributed by atoms with van der Waals surface area (Å²) < 4.78 is 49.2. The second kappa shape index (κ2) is 6.27. The molecule has 0 saturated carbocycles. The van der Waals surface area contributed by atoms with Gasteiger partial charge in [0.1, 0.15) is 11.4 Å². The van der Waals surface area contributed by atoms with E-state index < -0.39 is 21.4 Å². The van der Waals surface area contributed by atoms with Gasteiger partial charge in [-0.05, 0) is 18.2 Å². The SMILES string of the molecule is O=S(=O)(NC1(c2ccccc2F)COC1)c1cnnn1-c1ccccc1. The average molecular weight is 374 g/mol. The fraction of sp³-hybridized carbons (Fsp3) is 0.176.